The molecule has 0 saturated carbocycles. The molecule has 0 aromatic heterocycles. The first-order valence-electron chi connectivity index (χ1n) is 11.1. The van der Waals surface area contributed by atoms with Gasteiger partial charge in [-0.3, -0.25) is 20.2 Å². The number of benzene rings is 5. The molecule has 0 radical (unpaired) electrons. The maximum Gasteiger partial charge on any atom is 0.269 e. The number of nitrogens with zero attached hydrogens (tertiary/aromatic N) is 3. The number of hydrogen-bond acceptors (Lipinski definition) is 6. The van der Waals surface area contributed by atoms with Gasteiger partial charge >= 0.3 is 0 Å². The molecule has 8 heteroatoms. The molecule has 0 heterocycles. The van der Waals surface area contributed by atoms with Crippen molar-refractivity contribution in [3.05, 3.63) is 129 Å². The van der Waals surface area contributed by atoms with Crippen LogP contribution in [0.5, 0.6) is 0 Å². The third-order valence-electron chi connectivity index (χ3n) is 5.96. The first-order chi connectivity index (χ1) is 17.4. The summed E-state index contributed by atoms with van der Waals surface area (Å²) < 4.78 is 0. The number of rotatable bonds is 6. The number of nitrogens with two attached hydrogens (primary N) is 1. The lowest BCUT2D eigenvalue weighted by Crippen LogP contribution is -2.11. The highest BCUT2D eigenvalue weighted by atomic mass is 16.6. The minimum atomic E-state index is -0.447. The summed E-state index contributed by atoms with van der Waals surface area (Å²) in [5, 5.41) is 24.4. The van der Waals surface area contributed by atoms with Crippen LogP contribution in [0.25, 0.3) is 21.9 Å². The van der Waals surface area contributed by atoms with E-state index in [-0.39, 0.29) is 11.4 Å². The van der Waals surface area contributed by atoms with Crippen LogP contribution in [0.1, 0.15) is 0 Å². The Balaban J connectivity index is 1.76. The second-order valence-electron chi connectivity index (χ2n) is 8.22. The van der Waals surface area contributed by atoms with Gasteiger partial charge in [0, 0.05) is 46.7 Å². The maximum atomic E-state index is 11.2. The first-order valence-corrected chi connectivity index (χ1v) is 11.1. The SMILES string of the molecule is Nc1ccc(-c2cc(N(c3ccc([N+](=O)[O-])cc3)c3ccc([N+](=O)[O-])cc3)c3ccccc3c2)cc1. The van der Waals surface area contributed by atoms with E-state index in [9.17, 15) is 20.2 Å². The summed E-state index contributed by atoms with van der Waals surface area (Å²) in [6.07, 6.45) is 0. The van der Waals surface area contributed by atoms with Gasteiger partial charge in [-0.1, -0.05) is 36.4 Å². The molecule has 0 amide bonds. The number of nitro benzene ring substituents is 2. The molecule has 0 unspecified atom stereocenters. The molecule has 5 rings (SSSR count). The van der Waals surface area contributed by atoms with Crippen LogP contribution in [0.4, 0.5) is 34.1 Å². The molecule has 2 N–H and O–H groups in total. The summed E-state index contributed by atoms with van der Waals surface area (Å²) in [5.41, 5.74) is 10.6. The van der Waals surface area contributed by atoms with E-state index in [0.29, 0.717) is 17.1 Å². The minimum absolute atomic E-state index is 0.0251. The quantitative estimate of drug-likeness (QED) is 0.155. The number of hydrogen-bond donors (Lipinski definition) is 1. The van der Waals surface area contributed by atoms with Gasteiger partial charge in [-0.05, 0) is 65.0 Å². The Bertz CT molecular complexity index is 1520. The Labute approximate surface area is 206 Å². The average molecular weight is 476 g/mol. The number of non-ortho nitro benzene ring substituents is 2. The van der Waals surface area contributed by atoms with Crippen LogP contribution >= 0.6 is 0 Å². The van der Waals surface area contributed by atoms with E-state index in [1.807, 2.05) is 59.5 Å². The molecule has 0 atom stereocenters. The predicted octanol–water partition coefficient (Wildman–Crippen LogP) is 7.38. The van der Waals surface area contributed by atoms with Crippen LogP contribution in [0.3, 0.4) is 0 Å². The zero-order chi connectivity index (χ0) is 25.2. The van der Waals surface area contributed by atoms with Crippen molar-refractivity contribution in [1.82, 2.24) is 0 Å². The van der Waals surface area contributed by atoms with Crippen molar-refractivity contribution in [2.24, 2.45) is 0 Å². The van der Waals surface area contributed by atoms with Crippen molar-refractivity contribution in [3.63, 3.8) is 0 Å². The molecule has 0 fully saturated rings. The summed E-state index contributed by atoms with van der Waals surface area (Å²) >= 11 is 0. The highest BCUT2D eigenvalue weighted by molar-refractivity contribution is 6.02. The fraction of sp³-hybridized carbons (Fsp3) is 0. The maximum absolute atomic E-state index is 11.2. The molecule has 0 bridgehead atoms. The molecule has 0 saturated heterocycles. The highest BCUT2D eigenvalue weighted by Crippen LogP contribution is 2.42. The van der Waals surface area contributed by atoms with Gasteiger partial charge < -0.3 is 10.6 Å². The molecular formula is C28H20N4O4. The molecule has 5 aromatic carbocycles. The van der Waals surface area contributed by atoms with Crippen LogP contribution in [-0.2, 0) is 0 Å². The van der Waals surface area contributed by atoms with Gasteiger partial charge in [0.25, 0.3) is 11.4 Å². The predicted molar refractivity (Wildman–Crippen MR) is 142 cm³/mol. The summed E-state index contributed by atoms with van der Waals surface area (Å²) in [4.78, 5) is 23.5. The lowest BCUT2D eigenvalue weighted by molar-refractivity contribution is -0.385. The third kappa shape index (κ3) is 4.30. The fourth-order valence-electron chi connectivity index (χ4n) is 4.19. The van der Waals surface area contributed by atoms with E-state index >= 15 is 0 Å². The second-order valence-corrected chi connectivity index (χ2v) is 8.22. The van der Waals surface area contributed by atoms with Crippen molar-refractivity contribution in [3.8, 4) is 11.1 Å². The van der Waals surface area contributed by atoms with Crippen LogP contribution < -0.4 is 10.6 Å². The smallest absolute Gasteiger partial charge is 0.269 e. The Morgan fingerprint density at radius 1 is 0.611 bits per heavy atom. The molecule has 0 spiro atoms. The fourth-order valence-corrected chi connectivity index (χ4v) is 4.19. The number of anilines is 4. The Morgan fingerprint density at radius 3 is 1.67 bits per heavy atom. The number of nitro groups is 2. The van der Waals surface area contributed by atoms with Gasteiger partial charge in [0.2, 0.25) is 0 Å². The van der Waals surface area contributed by atoms with E-state index in [1.54, 1.807) is 24.3 Å². The van der Waals surface area contributed by atoms with Crippen LogP contribution in [0.15, 0.2) is 109 Å². The average Bonchev–Trinajstić information content (AvgIpc) is 2.90. The monoisotopic (exact) mass is 476 g/mol. The van der Waals surface area contributed by atoms with Crippen molar-refractivity contribution in [2.75, 3.05) is 10.6 Å². The lowest BCUT2D eigenvalue weighted by atomic mass is 9.98. The van der Waals surface area contributed by atoms with E-state index in [0.717, 1.165) is 27.6 Å². The molecule has 176 valence electrons. The van der Waals surface area contributed by atoms with Gasteiger partial charge in [0.15, 0.2) is 0 Å². The zero-order valence-electron chi connectivity index (χ0n) is 18.9. The molecule has 0 aliphatic heterocycles. The van der Waals surface area contributed by atoms with Gasteiger partial charge in [-0.25, -0.2) is 0 Å². The van der Waals surface area contributed by atoms with E-state index < -0.39 is 9.85 Å². The number of nitrogen functional groups attached to an aromatic ring is 1. The van der Waals surface area contributed by atoms with E-state index in [4.69, 9.17) is 5.73 Å². The van der Waals surface area contributed by atoms with Crippen molar-refractivity contribution in [1.29, 1.82) is 0 Å². The normalized spacial score (nSPS) is 10.8. The van der Waals surface area contributed by atoms with E-state index in [2.05, 4.69) is 6.07 Å². The second kappa shape index (κ2) is 9.19. The van der Waals surface area contributed by atoms with Gasteiger partial charge in [0.05, 0.1) is 15.5 Å². The van der Waals surface area contributed by atoms with Crippen LogP contribution in [0, 0.1) is 20.2 Å². The summed E-state index contributed by atoms with van der Waals surface area (Å²) in [5.74, 6) is 0. The third-order valence-corrected chi connectivity index (χ3v) is 5.96. The molecule has 36 heavy (non-hydrogen) atoms. The summed E-state index contributed by atoms with van der Waals surface area (Å²) in [6.45, 7) is 0. The van der Waals surface area contributed by atoms with Gasteiger partial charge in [-0.15, -0.1) is 0 Å². The molecule has 0 aliphatic carbocycles. The lowest BCUT2D eigenvalue weighted by Gasteiger charge is -2.27. The first kappa shape index (κ1) is 22.5. The molecule has 8 nitrogen and oxygen atoms in total. The summed E-state index contributed by atoms with van der Waals surface area (Å²) in [6, 6.07) is 32.1. The molecule has 5 aromatic rings. The molecule has 0 aliphatic rings. The van der Waals surface area contributed by atoms with Crippen molar-refractivity contribution < 1.29 is 9.85 Å². The van der Waals surface area contributed by atoms with Gasteiger partial charge in [-0.2, -0.15) is 0 Å². The minimum Gasteiger partial charge on any atom is -0.399 e. The van der Waals surface area contributed by atoms with Crippen molar-refractivity contribution in [2.45, 2.75) is 0 Å². The van der Waals surface area contributed by atoms with Gasteiger partial charge in [0.1, 0.15) is 0 Å². The Hall–Kier alpha value is -5.24. The summed E-state index contributed by atoms with van der Waals surface area (Å²) in [7, 11) is 0. The highest BCUT2D eigenvalue weighted by Gasteiger charge is 2.19. The van der Waals surface area contributed by atoms with E-state index in [1.165, 1.54) is 24.3 Å². The van der Waals surface area contributed by atoms with Crippen LogP contribution in [0.2, 0.25) is 0 Å². The van der Waals surface area contributed by atoms with Crippen LogP contribution in [-0.4, -0.2) is 9.85 Å². The van der Waals surface area contributed by atoms with Crippen molar-refractivity contribution >= 4 is 44.9 Å². The zero-order valence-corrected chi connectivity index (χ0v) is 18.9. The Morgan fingerprint density at radius 2 is 1.14 bits per heavy atom. The largest absolute Gasteiger partial charge is 0.399 e. The Kier molecular flexibility index (Phi) is 5.75. The topological polar surface area (TPSA) is 116 Å². The number of fused-ring (bicyclic) bond motifs is 1. The standard InChI is InChI=1S/C28H20N4O4/c29-22-7-5-19(6-8-22)21-17-20-3-1-2-4-27(20)28(18-21)30(23-9-13-25(14-10-23)31(33)34)24-11-15-26(16-12-24)32(35)36/h1-18H,29H2. The molecular weight excluding hydrogens is 456 g/mol.